The Morgan fingerprint density at radius 2 is 2.00 bits per heavy atom. The topological polar surface area (TPSA) is 80.7 Å². The van der Waals surface area contributed by atoms with E-state index in [1.165, 1.54) is 20.0 Å². The number of hydrogen-bond donors (Lipinski definition) is 0. The Morgan fingerprint density at radius 3 is 2.74 bits per heavy atom. The number of pyridine rings is 1. The van der Waals surface area contributed by atoms with Crippen LogP contribution < -0.4 is 14.4 Å². The van der Waals surface area contributed by atoms with Crippen LogP contribution in [0.25, 0.3) is 0 Å². The van der Waals surface area contributed by atoms with Crippen molar-refractivity contribution in [1.29, 1.82) is 0 Å². The van der Waals surface area contributed by atoms with Gasteiger partial charge in [0, 0.05) is 38.3 Å². The first-order chi connectivity index (χ1) is 13.2. The van der Waals surface area contributed by atoms with Gasteiger partial charge in [-0.05, 0) is 31.0 Å². The van der Waals surface area contributed by atoms with Crippen LogP contribution in [0.15, 0.2) is 30.5 Å². The molecule has 0 unspecified atom stereocenters. The second kappa shape index (κ2) is 7.77. The fourth-order valence-corrected chi connectivity index (χ4v) is 3.53. The molecule has 2 aromatic heterocycles. The molecule has 8 nitrogen and oxygen atoms in total. The van der Waals surface area contributed by atoms with E-state index in [9.17, 15) is 4.79 Å². The van der Waals surface area contributed by atoms with Gasteiger partial charge in [-0.1, -0.05) is 0 Å². The minimum absolute atomic E-state index is 0.0503. The van der Waals surface area contributed by atoms with Crippen molar-refractivity contribution in [1.82, 2.24) is 20.1 Å². The van der Waals surface area contributed by atoms with Crippen molar-refractivity contribution >= 4 is 11.7 Å². The summed E-state index contributed by atoms with van der Waals surface area (Å²) in [5.74, 6) is 1.95. The standard InChI is InChI=1S/C19H23N5O3/c1-26-17-7-6-15(21-22-17)19(25)24-12-8-14(13-24)27-16-5-4-9-20-18(16)23-10-2-3-11-23/h4-7,9,14H,2-3,8,10-13H2,1H3/t14-/m1/s1. The summed E-state index contributed by atoms with van der Waals surface area (Å²) in [6, 6.07) is 7.12. The van der Waals surface area contributed by atoms with Crippen molar-refractivity contribution in [2.45, 2.75) is 25.4 Å². The first-order valence-electron chi connectivity index (χ1n) is 9.28. The molecule has 142 valence electrons. The van der Waals surface area contributed by atoms with Crippen molar-refractivity contribution in [3.63, 3.8) is 0 Å². The van der Waals surface area contributed by atoms with Crippen molar-refractivity contribution < 1.29 is 14.3 Å². The molecule has 27 heavy (non-hydrogen) atoms. The lowest BCUT2D eigenvalue weighted by Gasteiger charge is -2.22. The quantitative estimate of drug-likeness (QED) is 0.794. The number of aromatic nitrogens is 3. The molecule has 0 aliphatic carbocycles. The molecule has 2 aromatic rings. The van der Waals surface area contributed by atoms with Gasteiger partial charge in [-0.15, -0.1) is 10.2 Å². The van der Waals surface area contributed by atoms with E-state index < -0.39 is 0 Å². The molecular formula is C19H23N5O3. The van der Waals surface area contributed by atoms with Gasteiger partial charge < -0.3 is 19.3 Å². The Kier molecular flexibility index (Phi) is 5.04. The van der Waals surface area contributed by atoms with Crippen molar-refractivity contribution in [3.05, 3.63) is 36.2 Å². The van der Waals surface area contributed by atoms with Crippen LogP contribution >= 0.6 is 0 Å². The van der Waals surface area contributed by atoms with E-state index in [1.54, 1.807) is 23.2 Å². The molecule has 2 aliphatic rings. The molecule has 4 heterocycles. The lowest BCUT2D eigenvalue weighted by atomic mass is 10.3. The molecule has 8 heteroatoms. The largest absolute Gasteiger partial charge is 0.485 e. The second-order valence-corrected chi connectivity index (χ2v) is 6.76. The number of nitrogens with zero attached hydrogens (tertiary/aromatic N) is 5. The van der Waals surface area contributed by atoms with E-state index in [0.717, 1.165) is 31.1 Å². The number of anilines is 1. The van der Waals surface area contributed by atoms with Crippen LogP contribution in [0.5, 0.6) is 11.6 Å². The lowest BCUT2D eigenvalue weighted by Crippen LogP contribution is -2.32. The zero-order valence-corrected chi connectivity index (χ0v) is 15.4. The van der Waals surface area contributed by atoms with Crippen LogP contribution in [0.1, 0.15) is 29.8 Å². The maximum absolute atomic E-state index is 12.6. The van der Waals surface area contributed by atoms with E-state index in [1.807, 2.05) is 12.1 Å². The highest BCUT2D eigenvalue weighted by molar-refractivity contribution is 5.92. The average Bonchev–Trinajstić information content (AvgIpc) is 3.40. The van der Waals surface area contributed by atoms with Gasteiger partial charge in [-0.2, -0.15) is 0 Å². The first kappa shape index (κ1) is 17.5. The van der Waals surface area contributed by atoms with Gasteiger partial charge in [0.15, 0.2) is 17.3 Å². The highest BCUT2D eigenvalue weighted by Gasteiger charge is 2.30. The minimum atomic E-state index is -0.137. The molecule has 1 atom stereocenters. The molecular weight excluding hydrogens is 346 g/mol. The van der Waals surface area contributed by atoms with Gasteiger partial charge in [0.1, 0.15) is 6.10 Å². The van der Waals surface area contributed by atoms with Gasteiger partial charge in [-0.25, -0.2) is 4.98 Å². The van der Waals surface area contributed by atoms with Crippen molar-refractivity contribution in [2.24, 2.45) is 0 Å². The molecule has 0 N–H and O–H groups in total. The minimum Gasteiger partial charge on any atom is -0.485 e. The number of ether oxygens (including phenoxy) is 2. The van der Waals surface area contributed by atoms with Gasteiger partial charge in [0.25, 0.3) is 5.91 Å². The van der Waals surface area contributed by atoms with Crippen LogP contribution in [0, 0.1) is 0 Å². The predicted molar refractivity (Wildman–Crippen MR) is 99.2 cm³/mol. The van der Waals surface area contributed by atoms with E-state index in [-0.39, 0.29) is 12.0 Å². The number of amides is 1. The maximum atomic E-state index is 12.6. The third-order valence-corrected chi connectivity index (χ3v) is 4.95. The highest BCUT2D eigenvalue weighted by Crippen LogP contribution is 2.30. The monoisotopic (exact) mass is 369 g/mol. The van der Waals surface area contributed by atoms with Gasteiger partial charge in [0.2, 0.25) is 5.88 Å². The molecule has 0 spiro atoms. The van der Waals surface area contributed by atoms with Gasteiger partial charge >= 0.3 is 0 Å². The average molecular weight is 369 g/mol. The summed E-state index contributed by atoms with van der Waals surface area (Å²) >= 11 is 0. The zero-order valence-electron chi connectivity index (χ0n) is 15.4. The summed E-state index contributed by atoms with van der Waals surface area (Å²) in [5, 5.41) is 7.81. The molecule has 1 amide bonds. The molecule has 0 aromatic carbocycles. The van der Waals surface area contributed by atoms with E-state index in [2.05, 4.69) is 20.1 Å². The summed E-state index contributed by atoms with van der Waals surface area (Å²) in [6.07, 6.45) is 4.90. The Labute approximate surface area is 158 Å². The van der Waals surface area contributed by atoms with Crippen LogP contribution in [0.3, 0.4) is 0 Å². The van der Waals surface area contributed by atoms with E-state index in [4.69, 9.17) is 9.47 Å². The predicted octanol–water partition coefficient (Wildman–Crippen LogP) is 1.77. The summed E-state index contributed by atoms with van der Waals surface area (Å²) < 4.78 is 11.2. The van der Waals surface area contributed by atoms with Crippen molar-refractivity contribution in [3.8, 4) is 11.6 Å². The summed E-state index contributed by atoms with van der Waals surface area (Å²) in [7, 11) is 1.52. The second-order valence-electron chi connectivity index (χ2n) is 6.76. The Morgan fingerprint density at radius 1 is 1.15 bits per heavy atom. The molecule has 4 rings (SSSR count). The highest BCUT2D eigenvalue weighted by atomic mass is 16.5. The third-order valence-electron chi connectivity index (χ3n) is 4.95. The summed E-state index contributed by atoms with van der Waals surface area (Å²) in [4.78, 5) is 21.2. The van der Waals surface area contributed by atoms with Crippen LogP contribution in [0.4, 0.5) is 5.82 Å². The molecule has 0 radical (unpaired) electrons. The molecule has 2 fully saturated rings. The smallest absolute Gasteiger partial charge is 0.274 e. The first-order valence-corrected chi connectivity index (χ1v) is 9.28. The number of rotatable bonds is 5. The number of carbonyl (C=O) groups is 1. The fourth-order valence-electron chi connectivity index (χ4n) is 3.53. The third kappa shape index (κ3) is 3.79. The Balaban J connectivity index is 1.40. The van der Waals surface area contributed by atoms with Crippen LogP contribution in [-0.2, 0) is 0 Å². The number of hydrogen-bond acceptors (Lipinski definition) is 7. The number of methoxy groups -OCH3 is 1. The molecule has 2 saturated heterocycles. The van der Waals surface area contributed by atoms with E-state index in [0.29, 0.717) is 24.7 Å². The number of carbonyl (C=O) groups excluding carboxylic acids is 1. The molecule has 0 saturated carbocycles. The van der Waals surface area contributed by atoms with Crippen LogP contribution in [-0.4, -0.2) is 65.4 Å². The van der Waals surface area contributed by atoms with Crippen LogP contribution in [0.2, 0.25) is 0 Å². The van der Waals surface area contributed by atoms with Gasteiger partial charge in [0.05, 0.1) is 13.7 Å². The maximum Gasteiger partial charge on any atom is 0.274 e. The summed E-state index contributed by atoms with van der Waals surface area (Å²) in [5.41, 5.74) is 0.315. The lowest BCUT2D eigenvalue weighted by molar-refractivity contribution is 0.0765. The zero-order chi connectivity index (χ0) is 18.6. The number of likely N-dealkylation sites (tertiary alicyclic amines) is 1. The Hall–Kier alpha value is -2.90. The molecule has 0 bridgehead atoms. The molecule has 2 aliphatic heterocycles. The SMILES string of the molecule is COc1ccc(C(=O)N2CC[C@@H](Oc3cccnc3N3CCCC3)C2)nn1. The van der Waals surface area contributed by atoms with Crippen molar-refractivity contribution in [2.75, 3.05) is 38.2 Å². The van der Waals surface area contributed by atoms with E-state index >= 15 is 0 Å². The normalized spacial score (nSPS) is 19.4. The van der Waals surface area contributed by atoms with Gasteiger partial charge in [-0.3, -0.25) is 4.79 Å². The fraction of sp³-hybridized carbons (Fsp3) is 0.474. The Bertz CT molecular complexity index is 792. The summed E-state index contributed by atoms with van der Waals surface area (Å²) in [6.45, 7) is 3.19.